The van der Waals surface area contributed by atoms with E-state index in [-0.39, 0.29) is 5.91 Å². The number of halogens is 2. The second-order valence-electron chi connectivity index (χ2n) is 4.62. The first-order chi connectivity index (χ1) is 8.54. The molecule has 0 saturated carbocycles. The largest absolute Gasteiger partial charge is 0.352 e. The van der Waals surface area contributed by atoms with E-state index in [1.807, 2.05) is 25.1 Å². The first-order valence-electron chi connectivity index (χ1n) is 6.15. The molecular formula is C14H19BrClNO. The summed E-state index contributed by atoms with van der Waals surface area (Å²) in [6.07, 6.45) is 2.01. The fourth-order valence-electron chi connectivity index (χ4n) is 1.66. The molecule has 2 nitrogen and oxygen atoms in total. The van der Waals surface area contributed by atoms with Crippen molar-refractivity contribution in [2.24, 2.45) is 5.92 Å². The van der Waals surface area contributed by atoms with Gasteiger partial charge in [0.05, 0.1) is 0 Å². The summed E-state index contributed by atoms with van der Waals surface area (Å²) in [5.41, 5.74) is 1.72. The SMILES string of the molecule is Cc1ccc(Br)cc1C(=O)NCCCC(C)CCl. The van der Waals surface area contributed by atoms with Gasteiger partial charge in [-0.05, 0) is 43.4 Å². The Morgan fingerprint density at radius 1 is 1.50 bits per heavy atom. The van der Waals surface area contributed by atoms with E-state index in [1.165, 1.54) is 0 Å². The van der Waals surface area contributed by atoms with Crippen LogP contribution in [0.1, 0.15) is 35.7 Å². The molecule has 0 spiro atoms. The first kappa shape index (κ1) is 15.5. The van der Waals surface area contributed by atoms with Crippen LogP contribution in [0.3, 0.4) is 0 Å². The number of alkyl halides is 1. The number of carbonyl (C=O) groups is 1. The lowest BCUT2D eigenvalue weighted by molar-refractivity contribution is 0.0952. The van der Waals surface area contributed by atoms with Gasteiger partial charge in [0, 0.05) is 22.5 Å². The topological polar surface area (TPSA) is 29.1 Å². The highest BCUT2D eigenvalue weighted by Crippen LogP contribution is 2.16. The van der Waals surface area contributed by atoms with Crippen LogP contribution in [0.5, 0.6) is 0 Å². The molecule has 0 heterocycles. The highest BCUT2D eigenvalue weighted by atomic mass is 79.9. The number of hydrogen-bond donors (Lipinski definition) is 1. The molecule has 0 bridgehead atoms. The molecule has 1 amide bonds. The molecule has 1 atom stereocenters. The number of rotatable bonds is 6. The normalized spacial score (nSPS) is 12.2. The molecule has 0 aliphatic rings. The van der Waals surface area contributed by atoms with Gasteiger partial charge in [0.2, 0.25) is 0 Å². The summed E-state index contributed by atoms with van der Waals surface area (Å²) in [6, 6.07) is 5.73. The average molecular weight is 333 g/mol. The lowest BCUT2D eigenvalue weighted by atomic mass is 10.1. The number of benzene rings is 1. The summed E-state index contributed by atoms with van der Waals surface area (Å²) in [7, 11) is 0. The van der Waals surface area contributed by atoms with Gasteiger partial charge >= 0.3 is 0 Å². The Hall–Kier alpha value is -0.540. The van der Waals surface area contributed by atoms with Gasteiger partial charge in [-0.3, -0.25) is 4.79 Å². The number of carbonyl (C=O) groups excluding carboxylic acids is 1. The van der Waals surface area contributed by atoms with Crippen molar-refractivity contribution in [1.29, 1.82) is 0 Å². The van der Waals surface area contributed by atoms with E-state index < -0.39 is 0 Å². The molecule has 100 valence electrons. The molecule has 0 aliphatic carbocycles. The van der Waals surface area contributed by atoms with Crippen LogP contribution in [0.2, 0.25) is 0 Å². The summed E-state index contributed by atoms with van der Waals surface area (Å²) in [6.45, 7) is 4.76. The van der Waals surface area contributed by atoms with E-state index in [1.54, 1.807) is 0 Å². The van der Waals surface area contributed by atoms with Crippen molar-refractivity contribution in [3.8, 4) is 0 Å². The van der Waals surface area contributed by atoms with E-state index in [4.69, 9.17) is 11.6 Å². The molecular weight excluding hydrogens is 314 g/mol. The Bertz CT molecular complexity index is 409. The summed E-state index contributed by atoms with van der Waals surface area (Å²) in [5, 5.41) is 2.94. The number of hydrogen-bond acceptors (Lipinski definition) is 1. The quantitative estimate of drug-likeness (QED) is 0.615. The molecule has 1 N–H and O–H groups in total. The lowest BCUT2D eigenvalue weighted by Gasteiger charge is -2.10. The number of aryl methyl sites for hydroxylation is 1. The molecule has 0 fully saturated rings. The molecule has 1 aromatic carbocycles. The number of nitrogens with one attached hydrogen (secondary N) is 1. The van der Waals surface area contributed by atoms with E-state index in [9.17, 15) is 4.79 Å². The summed E-state index contributed by atoms with van der Waals surface area (Å²) < 4.78 is 0.925. The second-order valence-corrected chi connectivity index (χ2v) is 5.84. The minimum atomic E-state index is -0.00711. The molecule has 4 heteroatoms. The van der Waals surface area contributed by atoms with Gasteiger partial charge in [0.15, 0.2) is 0 Å². The van der Waals surface area contributed by atoms with E-state index >= 15 is 0 Å². The van der Waals surface area contributed by atoms with Gasteiger partial charge in [0.1, 0.15) is 0 Å². The predicted octanol–water partition coefficient (Wildman–Crippen LogP) is 4.14. The highest BCUT2D eigenvalue weighted by Gasteiger charge is 2.09. The van der Waals surface area contributed by atoms with E-state index in [0.717, 1.165) is 28.4 Å². The fraction of sp³-hybridized carbons (Fsp3) is 0.500. The molecule has 0 saturated heterocycles. The van der Waals surface area contributed by atoms with Gasteiger partial charge < -0.3 is 5.32 Å². The van der Waals surface area contributed by atoms with Crippen molar-refractivity contribution in [2.45, 2.75) is 26.7 Å². The van der Waals surface area contributed by atoms with Crippen LogP contribution in [0.4, 0.5) is 0 Å². The lowest BCUT2D eigenvalue weighted by Crippen LogP contribution is -2.25. The Morgan fingerprint density at radius 3 is 2.89 bits per heavy atom. The van der Waals surface area contributed by atoms with Gasteiger partial charge in [-0.2, -0.15) is 0 Å². The zero-order valence-electron chi connectivity index (χ0n) is 10.8. The monoisotopic (exact) mass is 331 g/mol. The maximum atomic E-state index is 12.0. The highest BCUT2D eigenvalue weighted by molar-refractivity contribution is 9.10. The van der Waals surface area contributed by atoms with E-state index in [0.29, 0.717) is 18.3 Å². The molecule has 0 aromatic heterocycles. The maximum Gasteiger partial charge on any atom is 0.251 e. The Labute approximate surface area is 122 Å². The Balaban J connectivity index is 2.43. The van der Waals surface area contributed by atoms with Crippen molar-refractivity contribution in [2.75, 3.05) is 12.4 Å². The maximum absolute atomic E-state index is 12.0. The third-order valence-electron chi connectivity index (χ3n) is 2.87. The van der Waals surface area contributed by atoms with Gasteiger partial charge in [-0.25, -0.2) is 0 Å². The first-order valence-corrected chi connectivity index (χ1v) is 7.47. The molecule has 0 radical (unpaired) electrons. The van der Waals surface area contributed by atoms with Gasteiger partial charge in [-0.1, -0.05) is 28.9 Å². The molecule has 1 rings (SSSR count). The van der Waals surface area contributed by atoms with Crippen LogP contribution >= 0.6 is 27.5 Å². The molecule has 0 aliphatic heterocycles. The molecule has 1 unspecified atom stereocenters. The standard InChI is InChI=1S/C14H19BrClNO/c1-10(9-16)4-3-7-17-14(18)13-8-12(15)6-5-11(13)2/h5-6,8,10H,3-4,7,9H2,1-2H3,(H,17,18). The summed E-state index contributed by atoms with van der Waals surface area (Å²) in [4.78, 5) is 12.0. The van der Waals surface area contributed by atoms with Crippen LogP contribution in [0.15, 0.2) is 22.7 Å². The van der Waals surface area contributed by atoms with Crippen molar-refractivity contribution < 1.29 is 4.79 Å². The molecule has 1 aromatic rings. The third-order valence-corrected chi connectivity index (χ3v) is 3.89. The summed E-state index contributed by atoms with van der Waals surface area (Å²) >= 11 is 9.12. The van der Waals surface area contributed by atoms with Crippen LogP contribution in [-0.4, -0.2) is 18.3 Å². The Morgan fingerprint density at radius 2 is 2.22 bits per heavy atom. The zero-order chi connectivity index (χ0) is 13.5. The number of amides is 1. The van der Waals surface area contributed by atoms with Crippen molar-refractivity contribution in [1.82, 2.24) is 5.32 Å². The van der Waals surface area contributed by atoms with Crippen LogP contribution in [-0.2, 0) is 0 Å². The average Bonchev–Trinajstić information content (AvgIpc) is 2.36. The van der Waals surface area contributed by atoms with Gasteiger partial charge in [0.25, 0.3) is 5.91 Å². The minimum Gasteiger partial charge on any atom is -0.352 e. The van der Waals surface area contributed by atoms with Crippen molar-refractivity contribution >= 4 is 33.4 Å². The predicted molar refractivity (Wildman–Crippen MR) is 80.3 cm³/mol. The van der Waals surface area contributed by atoms with Crippen LogP contribution in [0.25, 0.3) is 0 Å². The fourth-order valence-corrected chi connectivity index (χ4v) is 2.18. The summed E-state index contributed by atoms with van der Waals surface area (Å²) in [5.74, 6) is 1.18. The smallest absolute Gasteiger partial charge is 0.251 e. The Kier molecular flexibility index (Phi) is 6.72. The third kappa shape index (κ3) is 4.99. The van der Waals surface area contributed by atoms with Crippen molar-refractivity contribution in [3.05, 3.63) is 33.8 Å². The molecule has 18 heavy (non-hydrogen) atoms. The van der Waals surface area contributed by atoms with E-state index in [2.05, 4.69) is 28.2 Å². The zero-order valence-corrected chi connectivity index (χ0v) is 13.1. The van der Waals surface area contributed by atoms with Crippen LogP contribution in [0, 0.1) is 12.8 Å². The van der Waals surface area contributed by atoms with Crippen LogP contribution < -0.4 is 5.32 Å². The van der Waals surface area contributed by atoms with Crippen molar-refractivity contribution in [3.63, 3.8) is 0 Å². The second kappa shape index (κ2) is 7.80. The van der Waals surface area contributed by atoms with Gasteiger partial charge in [-0.15, -0.1) is 11.6 Å². The minimum absolute atomic E-state index is 0.00711.